The Balaban J connectivity index is 2.05. The van der Waals surface area contributed by atoms with E-state index in [-0.39, 0.29) is 51.0 Å². The first-order valence-corrected chi connectivity index (χ1v) is 16.4. The molecule has 0 spiro atoms. The van der Waals surface area contributed by atoms with E-state index in [9.17, 15) is 42.4 Å². The second-order valence-electron chi connectivity index (χ2n) is 7.80. The van der Waals surface area contributed by atoms with Gasteiger partial charge < -0.3 is 0 Å². The summed E-state index contributed by atoms with van der Waals surface area (Å²) in [6.45, 7) is 0. The van der Waals surface area contributed by atoms with Gasteiger partial charge in [0.25, 0.3) is 0 Å². The van der Waals surface area contributed by atoms with Gasteiger partial charge in [0.2, 0.25) is 5.76 Å². The average molecular weight is 663 g/mol. The molecule has 0 heterocycles. The number of hydrogen-bond acceptors (Lipinski definition) is 10. The van der Waals surface area contributed by atoms with E-state index < -0.39 is 47.2 Å². The summed E-state index contributed by atoms with van der Waals surface area (Å²) >= 11 is 0. The summed E-state index contributed by atoms with van der Waals surface area (Å²) in [6, 6.07) is 13.5. The van der Waals surface area contributed by atoms with E-state index in [1.807, 2.05) is 0 Å². The molecular weight excluding hydrogens is 647 g/mol. The molecule has 6 atom stereocenters. The van der Waals surface area contributed by atoms with Gasteiger partial charge in [0.15, 0.2) is 23.0 Å². The fourth-order valence-electron chi connectivity index (χ4n) is 4.24. The monoisotopic (exact) mass is 663 g/mol. The molecule has 210 valence electrons. The fraction of sp³-hybridized carbons (Fsp3) is 0.0476. The van der Waals surface area contributed by atoms with Gasteiger partial charge in [0, 0.05) is 51.5 Å². The van der Waals surface area contributed by atoms with Gasteiger partial charge in [-0.3, -0.25) is 0 Å². The van der Waals surface area contributed by atoms with E-state index in [1.54, 1.807) is 0 Å². The Morgan fingerprint density at radius 2 is 1.12 bits per heavy atom. The van der Waals surface area contributed by atoms with Crippen molar-refractivity contribution in [2.75, 3.05) is 0 Å². The summed E-state index contributed by atoms with van der Waals surface area (Å²) in [6.07, 6.45) is 0. The van der Waals surface area contributed by atoms with Crippen LogP contribution in [-0.4, -0.2) is 24.5 Å². The van der Waals surface area contributed by atoms with Crippen LogP contribution >= 0.6 is 41.3 Å². The lowest BCUT2D eigenvalue weighted by molar-refractivity contribution is 0.391. The summed E-state index contributed by atoms with van der Waals surface area (Å²) in [5, 5.41) is 0. The van der Waals surface area contributed by atoms with Gasteiger partial charge in [-0.2, -0.15) is 0 Å². The van der Waals surface area contributed by atoms with E-state index in [1.165, 1.54) is 54.6 Å². The van der Waals surface area contributed by atoms with Crippen molar-refractivity contribution in [3.8, 4) is 23.0 Å². The molecule has 0 aromatic heterocycles. The molecule has 3 aromatic rings. The van der Waals surface area contributed by atoms with E-state index in [0.717, 1.165) is 6.07 Å². The van der Waals surface area contributed by atoms with Gasteiger partial charge in [0.05, 0.1) is 0 Å². The Hall–Kier alpha value is -3.30. The van der Waals surface area contributed by atoms with Crippen molar-refractivity contribution in [3.05, 3.63) is 82.9 Å². The van der Waals surface area contributed by atoms with Crippen LogP contribution in [0.25, 0.3) is 11.3 Å². The zero-order chi connectivity index (χ0) is 29.8. The Kier molecular flexibility index (Phi) is 9.81. The number of benzene rings is 3. The molecule has 41 heavy (non-hydrogen) atoms. The summed E-state index contributed by atoms with van der Waals surface area (Å²) < 4.78 is 82.5. The molecule has 0 aliphatic heterocycles. The molecule has 0 bridgehead atoms. The van der Waals surface area contributed by atoms with Gasteiger partial charge in [0.1, 0.15) is 0 Å². The summed E-state index contributed by atoms with van der Waals surface area (Å²) in [4.78, 5) is 46.9. The minimum absolute atomic E-state index is 0.0172. The van der Waals surface area contributed by atoms with Crippen molar-refractivity contribution < 1.29 is 69.9 Å². The Morgan fingerprint density at radius 1 is 0.561 bits per heavy atom. The predicted octanol–water partition coefficient (Wildman–Crippen LogP) is 5.48. The second-order valence-corrected chi connectivity index (χ2v) is 11.1. The molecule has 20 heteroatoms. The third kappa shape index (κ3) is 7.51. The number of rotatable bonds is 12. The highest BCUT2D eigenvalue weighted by atomic mass is 31.1. The highest BCUT2D eigenvalue weighted by Crippen LogP contribution is 2.57. The van der Waals surface area contributed by atoms with Gasteiger partial charge in [-0.25, -0.2) is 22.6 Å². The van der Waals surface area contributed by atoms with Crippen LogP contribution in [0.4, 0.5) is 0 Å². The smallest absolute Gasteiger partial charge is 0.229 e. The maximum Gasteiger partial charge on any atom is 0.747 e. The van der Waals surface area contributed by atoms with Crippen molar-refractivity contribution in [2.24, 2.45) is 0 Å². The van der Waals surface area contributed by atoms with E-state index in [0.29, 0.717) is 5.56 Å². The maximum atomic E-state index is 12.0. The van der Waals surface area contributed by atoms with E-state index in [2.05, 4.69) is 0 Å². The van der Waals surface area contributed by atoms with E-state index >= 15 is 0 Å². The highest BCUT2D eigenvalue weighted by Gasteiger charge is 2.43. The molecular formula is C21H16O15P5+5. The maximum absolute atomic E-state index is 12.0. The molecule has 15 nitrogen and oxygen atoms in total. The SMILES string of the molecule is O=[P+](O)OC1=C(c2cccc(O[P+](=O)O)c2)C(c2ccc(O[P+](=O)O)cc2)c2c(O[P+](=O)O)cc(O[P+](=O)O)cc21. The molecule has 0 amide bonds. The Bertz CT molecular complexity index is 1620. The molecule has 0 fully saturated rings. The third-order valence-corrected chi connectivity index (χ3v) is 7.23. The Morgan fingerprint density at radius 3 is 1.71 bits per heavy atom. The lowest BCUT2D eigenvalue weighted by Gasteiger charge is -2.18. The zero-order valence-electron chi connectivity index (χ0n) is 19.9. The van der Waals surface area contributed by atoms with Gasteiger partial charge in [-0.05, 0) is 41.5 Å². The van der Waals surface area contributed by atoms with Gasteiger partial charge in [-0.15, -0.1) is 24.5 Å². The van der Waals surface area contributed by atoms with Crippen LogP contribution in [0, 0.1) is 0 Å². The molecule has 6 unspecified atom stereocenters. The van der Waals surface area contributed by atoms with Crippen molar-refractivity contribution in [1.29, 1.82) is 0 Å². The van der Waals surface area contributed by atoms with Gasteiger partial charge >= 0.3 is 41.3 Å². The normalized spacial score (nSPS) is 15.8. The summed E-state index contributed by atoms with van der Waals surface area (Å²) in [5.41, 5.74) is 0.837. The van der Waals surface area contributed by atoms with Crippen molar-refractivity contribution in [2.45, 2.75) is 5.92 Å². The van der Waals surface area contributed by atoms with Gasteiger partial charge in [-0.1, -0.05) is 24.3 Å². The minimum atomic E-state index is -3.33. The average Bonchev–Trinajstić information content (AvgIpc) is 3.17. The third-order valence-electron chi connectivity index (χ3n) is 5.44. The Labute approximate surface area is 234 Å². The lowest BCUT2D eigenvalue weighted by Crippen LogP contribution is -2.04. The van der Waals surface area contributed by atoms with Crippen LogP contribution in [0.3, 0.4) is 0 Å². The first kappa shape index (κ1) is 30.7. The first-order valence-electron chi connectivity index (χ1n) is 10.8. The van der Waals surface area contributed by atoms with Crippen LogP contribution in [0.5, 0.6) is 23.0 Å². The van der Waals surface area contributed by atoms with Crippen molar-refractivity contribution >= 4 is 52.6 Å². The van der Waals surface area contributed by atoms with E-state index in [4.69, 9.17) is 27.5 Å². The fourth-order valence-corrected chi connectivity index (χ4v) is 5.79. The van der Waals surface area contributed by atoms with Crippen molar-refractivity contribution in [3.63, 3.8) is 0 Å². The van der Waals surface area contributed by atoms with Crippen molar-refractivity contribution in [1.82, 2.24) is 0 Å². The standard InChI is InChI=1S/C21H11O15P5/c22-37(23)32-13-6-4-11(5-7-13)18-19(12-2-1-3-14(8-12)33-38(24)25)21(36-41(30)31)16-9-15(34-39(26)27)10-17(20(16)18)35-40(28)29/h1-10,18H/p+5. The highest BCUT2D eigenvalue weighted by molar-refractivity contribution is 7.33. The molecule has 3 aromatic carbocycles. The van der Waals surface area contributed by atoms with Crippen LogP contribution in [0.1, 0.15) is 28.2 Å². The molecule has 1 aliphatic carbocycles. The second kappa shape index (κ2) is 13.1. The number of allylic oxidation sites excluding steroid dienone is 1. The molecule has 1 aliphatic rings. The van der Waals surface area contributed by atoms with Crippen LogP contribution in [0.2, 0.25) is 0 Å². The quantitative estimate of drug-likeness (QED) is 0.151. The molecule has 5 N–H and O–H groups in total. The summed E-state index contributed by atoms with van der Waals surface area (Å²) in [5.74, 6) is -1.98. The molecule has 0 saturated heterocycles. The van der Waals surface area contributed by atoms with Crippen LogP contribution < -0.4 is 18.1 Å². The first-order chi connectivity index (χ1) is 19.4. The molecule has 0 saturated carbocycles. The van der Waals surface area contributed by atoms with Crippen LogP contribution in [-0.2, 0) is 27.3 Å². The number of fused-ring (bicyclic) bond motifs is 1. The largest absolute Gasteiger partial charge is 0.747 e. The zero-order valence-corrected chi connectivity index (χ0v) is 24.4. The topological polar surface area (TPSA) is 233 Å². The molecule has 0 radical (unpaired) electrons. The van der Waals surface area contributed by atoms with Crippen LogP contribution in [0.15, 0.2) is 60.7 Å². The predicted molar refractivity (Wildman–Crippen MR) is 141 cm³/mol. The summed E-state index contributed by atoms with van der Waals surface area (Å²) in [7, 11) is -15.9. The minimum Gasteiger partial charge on any atom is -0.229 e. The number of hydrogen-bond donors (Lipinski definition) is 5. The lowest BCUT2D eigenvalue weighted by atomic mass is 9.84. The molecule has 4 rings (SSSR count).